The Bertz CT molecular complexity index is 856. The average molecular weight is 340 g/mol. The van der Waals surface area contributed by atoms with Gasteiger partial charge in [-0.2, -0.15) is 0 Å². The minimum absolute atomic E-state index is 0.241. The summed E-state index contributed by atoms with van der Waals surface area (Å²) in [5.41, 5.74) is 6.39. The zero-order chi connectivity index (χ0) is 16.7. The molecule has 0 amide bonds. The normalized spacial score (nSPS) is 16.0. The molecule has 2 aliphatic rings. The predicted octanol–water partition coefficient (Wildman–Crippen LogP) is 4.43. The quantitative estimate of drug-likeness (QED) is 0.720. The molecule has 0 atom stereocenters. The fraction of sp³-hybridized carbons (Fsp3) is 0.250. The first-order valence-electron chi connectivity index (χ1n) is 8.14. The molecule has 3 nitrogen and oxygen atoms in total. The van der Waals surface area contributed by atoms with Crippen LogP contribution >= 0.6 is 11.6 Å². The van der Waals surface area contributed by atoms with E-state index in [4.69, 9.17) is 16.3 Å². The van der Waals surface area contributed by atoms with Crippen LogP contribution in [-0.2, 0) is 16.0 Å². The molecule has 0 saturated heterocycles. The van der Waals surface area contributed by atoms with Crippen molar-refractivity contribution in [1.29, 1.82) is 0 Å². The summed E-state index contributed by atoms with van der Waals surface area (Å²) in [4.78, 5) is 14.6. The fourth-order valence-electron chi connectivity index (χ4n) is 3.73. The first-order valence-corrected chi connectivity index (χ1v) is 8.52. The van der Waals surface area contributed by atoms with Crippen molar-refractivity contribution in [2.75, 3.05) is 18.6 Å². The molecule has 0 radical (unpaired) electrons. The summed E-state index contributed by atoms with van der Waals surface area (Å²) in [7, 11) is 1.45. The molecule has 0 saturated carbocycles. The third-order valence-electron chi connectivity index (χ3n) is 4.79. The summed E-state index contributed by atoms with van der Waals surface area (Å²) < 4.78 is 5.06. The summed E-state index contributed by atoms with van der Waals surface area (Å²) in [6.07, 6.45) is 2.49. The molecule has 0 unspecified atom stereocenters. The number of halogens is 1. The van der Waals surface area contributed by atoms with Crippen LogP contribution in [0, 0.1) is 0 Å². The van der Waals surface area contributed by atoms with Gasteiger partial charge in [0.25, 0.3) is 0 Å². The Kier molecular flexibility index (Phi) is 3.81. The van der Waals surface area contributed by atoms with Gasteiger partial charge in [0.05, 0.1) is 18.4 Å². The van der Waals surface area contributed by atoms with Gasteiger partial charge >= 0.3 is 5.97 Å². The molecular weight excluding hydrogens is 322 g/mol. The van der Waals surface area contributed by atoms with Crippen LogP contribution in [0.1, 0.15) is 29.5 Å². The van der Waals surface area contributed by atoms with Crippen molar-refractivity contribution in [3.05, 3.63) is 69.8 Å². The van der Waals surface area contributed by atoms with E-state index < -0.39 is 0 Å². The van der Waals surface area contributed by atoms with Gasteiger partial charge in [0.15, 0.2) is 0 Å². The van der Waals surface area contributed by atoms with Crippen LogP contribution in [0.4, 0.5) is 5.69 Å². The smallest absolute Gasteiger partial charge is 0.335 e. The lowest BCUT2D eigenvalue weighted by atomic mass is 9.94. The monoisotopic (exact) mass is 339 g/mol. The Balaban J connectivity index is 2.03. The fourth-order valence-corrected chi connectivity index (χ4v) is 3.89. The summed E-state index contributed by atoms with van der Waals surface area (Å²) in [5.74, 6) is -0.241. The third-order valence-corrected chi connectivity index (χ3v) is 5.02. The maximum absolute atomic E-state index is 12.4. The molecule has 2 aliphatic heterocycles. The Morgan fingerprint density at radius 3 is 2.83 bits per heavy atom. The summed E-state index contributed by atoms with van der Waals surface area (Å²) >= 11 is 6.26. The highest BCUT2D eigenvalue weighted by molar-refractivity contribution is 6.31. The predicted molar refractivity (Wildman–Crippen MR) is 96.2 cm³/mol. The van der Waals surface area contributed by atoms with Crippen LogP contribution in [0.2, 0.25) is 5.02 Å². The van der Waals surface area contributed by atoms with Gasteiger partial charge in [-0.15, -0.1) is 0 Å². The van der Waals surface area contributed by atoms with Crippen LogP contribution in [0.3, 0.4) is 0 Å². The molecule has 24 heavy (non-hydrogen) atoms. The van der Waals surface area contributed by atoms with E-state index in [1.165, 1.54) is 18.2 Å². The van der Waals surface area contributed by atoms with E-state index in [1.54, 1.807) is 0 Å². The van der Waals surface area contributed by atoms with Gasteiger partial charge in [-0.05, 0) is 36.1 Å². The van der Waals surface area contributed by atoms with Crippen molar-refractivity contribution in [1.82, 2.24) is 0 Å². The van der Waals surface area contributed by atoms with Gasteiger partial charge in [0.2, 0.25) is 0 Å². The number of rotatable bonds is 1. The molecule has 122 valence electrons. The van der Waals surface area contributed by atoms with Gasteiger partial charge in [0, 0.05) is 29.2 Å². The highest BCUT2D eigenvalue weighted by Crippen LogP contribution is 2.42. The van der Waals surface area contributed by atoms with E-state index >= 15 is 0 Å². The summed E-state index contributed by atoms with van der Waals surface area (Å²) in [6.45, 7) is 0.873. The van der Waals surface area contributed by atoms with Crippen LogP contribution in [0.25, 0.3) is 5.70 Å². The standard InChI is InChI=1S/C20H18ClNO2/c1-24-20(23)17-7-4-10-22-18-12-15(21)9-8-14(18)11-13-5-2-3-6-16(13)19(17)22/h2-3,5-6,8-9,12H,4,7,10-11H2,1H3. The molecule has 0 N–H and O–H groups in total. The van der Waals surface area contributed by atoms with E-state index in [1.807, 2.05) is 24.3 Å². The maximum Gasteiger partial charge on any atom is 0.335 e. The number of hydrogen-bond donors (Lipinski definition) is 0. The number of esters is 1. The third kappa shape index (κ3) is 2.40. The molecule has 2 heterocycles. The lowest BCUT2D eigenvalue weighted by molar-refractivity contribution is -0.136. The van der Waals surface area contributed by atoms with E-state index in [0.717, 1.165) is 48.3 Å². The van der Waals surface area contributed by atoms with Crippen molar-refractivity contribution < 1.29 is 9.53 Å². The maximum atomic E-state index is 12.4. The number of carbonyl (C=O) groups excluding carboxylic acids is 1. The first kappa shape index (κ1) is 15.3. The largest absolute Gasteiger partial charge is 0.466 e. The van der Waals surface area contributed by atoms with Crippen molar-refractivity contribution >= 4 is 29.0 Å². The minimum atomic E-state index is -0.241. The first-order chi connectivity index (χ1) is 11.7. The molecule has 0 aliphatic carbocycles. The lowest BCUT2D eigenvalue weighted by Crippen LogP contribution is -2.30. The summed E-state index contributed by atoms with van der Waals surface area (Å²) in [5, 5.41) is 0.712. The van der Waals surface area contributed by atoms with Crippen molar-refractivity contribution in [3.8, 4) is 0 Å². The van der Waals surface area contributed by atoms with Crippen LogP contribution < -0.4 is 4.90 Å². The highest BCUT2D eigenvalue weighted by atomic mass is 35.5. The molecule has 4 heteroatoms. The second kappa shape index (κ2) is 5.99. The van der Waals surface area contributed by atoms with E-state index in [0.29, 0.717) is 5.02 Å². The Morgan fingerprint density at radius 2 is 2.00 bits per heavy atom. The van der Waals surface area contributed by atoms with Crippen LogP contribution in [0.15, 0.2) is 48.0 Å². The number of ether oxygens (including phenoxy) is 1. The molecule has 0 bridgehead atoms. The second-order valence-electron chi connectivity index (χ2n) is 6.18. The Labute approximate surface area is 146 Å². The number of hydrogen-bond acceptors (Lipinski definition) is 3. The molecular formula is C20H18ClNO2. The topological polar surface area (TPSA) is 29.5 Å². The second-order valence-corrected chi connectivity index (χ2v) is 6.62. The van der Waals surface area contributed by atoms with Crippen molar-refractivity contribution in [3.63, 3.8) is 0 Å². The lowest BCUT2D eigenvalue weighted by Gasteiger charge is -2.33. The molecule has 2 aromatic carbocycles. The van der Waals surface area contributed by atoms with Crippen molar-refractivity contribution in [2.45, 2.75) is 19.3 Å². The number of methoxy groups -OCH3 is 1. The van der Waals surface area contributed by atoms with Gasteiger partial charge in [-0.3, -0.25) is 0 Å². The molecule has 0 fully saturated rings. The van der Waals surface area contributed by atoms with Crippen LogP contribution in [-0.4, -0.2) is 19.6 Å². The van der Waals surface area contributed by atoms with Gasteiger partial charge < -0.3 is 9.64 Å². The minimum Gasteiger partial charge on any atom is -0.466 e. The average Bonchev–Trinajstić information content (AvgIpc) is 2.75. The van der Waals surface area contributed by atoms with Crippen molar-refractivity contribution in [2.24, 2.45) is 0 Å². The van der Waals surface area contributed by atoms with E-state index in [2.05, 4.69) is 23.1 Å². The van der Waals surface area contributed by atoms with Gasteiger partial charge in [0.1, 0.15) is 0 Å². The van der Waals surface area contributed by atoms with E-state index in [-0.39, 0.29) is 5.97 Å². The number of anilines is 1. The molecule has 0 aromatic heterocycles. The van der Waals surface area contributed by atoms with Gasteiger partial charge in [-0.25, -0.2) is 4.79 Å². The SMILES string of the molecule is COC(=O)C1=C2c3ccccc3Cc3ccc(Cl)cc3N2CCC1. The number of nitrogens with zero attached hydrogens (tertiary/aromatic N) is 1. The zero-order valence-corrected chi connectivity index (χ0v) is 14.3. The molecule has 0 spiro atoms. The summed E-state index contributed by atoms with van der Waals surface area (Å²) in [6, 6.07) is 14.3. The number of fused-ring (bicyclic) bond motifs is 5. The highest BCUT2D eigenvalue weighted by Gasteiger charge is 2.31. The number of carbonyl (C=O) groups is 1. The Hall–Kier alpha value is -2.26. The van der Waals surface area contributed by atoms with Crippen LogP contribution in [0.5, 0.6) is 0 Å². The molecule has 2 aromatic rings. The van der Waals surface area contributed by atoms with E-state index in [9.17, 15) is 4.79 Å². The van der Waals surface area contributed by atoms with Gasteiger partial charge in [-0.1, -0.05) is 41.9 Å². The Morgan fingerprint density at radius 1 is 1.17 bits per heavy atom. The molecule has 4 rings (SSSR count). The zero-order valence-electron chi connectivity index (χ0n) is 13.5. The number of benzene rings is 2.